The third-order valence-electron chi connectivity index (χ3n) is 5.85. The van der Waals surface area contributed by atoms with Crippen LogP contribution < -0.4 is 0 Å². The summed E-state index contributed by atoms with van der Waals surface area (Å²) in [4.78, 5) is 0. The zero-order valence-corrected chi connectivity index (χ0v) is 16.1. The third kappa shape index (κ3) is 6.54. The van der Waals surface area contributed by atoms with E-state index in [0.717, 1.165) is 38.5 Å². The molecular weight excluding hydrogens is 312 g/mol. The fourth-order valence-electron chi connectivity index (χ4n) is 4.19. The number of fused-ring (bicyclic) bond motifs is 2. The van der Waals surface area contributed by atoms with Crippen LogP contribution in [0.25, 0.3) is 0 Å². The van der Waals surface area contributed by atoms with Gasteiger partial charge in [0.05, 0.1) is 24.4 Å². The SMILES string of the molecule is CCCCCCC(O)C=CC1[C@@H]2CC[C@@H](O2)[C@@H]1CC=CC[C@H](O)CC. The summed E-state index contributed by atoms with van der Waals surface area (Å²) >= 11 is 0. The Bertz CT molecular complexity index is 417. The maximum absolute atomic E-state index is 10.2. The number of hydrogen-bond acceptors (Lipinski definition) is 3. The summed E-state index contributed by atoms with van der Waals surface area (Å²) in [5.74, 6) is 0.960. The molecule has 2 heterocycles. The number of ether oxygens (including phenoxy) is 1. The fraction of sp³-hybridized carbons (Fsp3) is 0.818. The van der Waals surface area contributed by atoms with E-state index < -0.39 is 0 Å². The zero-order valence-electron chi connectivity index (χ0n) is 16.1. The average molecular weight is 351 g/mol. The molecule has 0 saturated carbocycles. The molecule has 2 unspecified atom stereocenters. The van der Waals surface area contributed by atoms with E-state index in [0.29, 0.717) is 24.0 Å². The zero-order chi connectivity index (χ0) is 18.1. The van der Waals surface area contributed by atoms with Crippen molar-refractivity contribution in [3.8, 4) is 0 Å². The lowest BCUT2D eigenvalue weighted by atomic mass is 9.77. The van der Waals surface area contributed by atoms with Gasteiger partial charge in [-0.2, -0.15) is 0 Å². The second-order valence-corrected chi connectivity index (χ2v) is 7.84. The quantitative estimate of drug-likeness (QED) is 0.393. The van der Waals surface area contributed by atoms with Gasteiger partial charge in [-0.15, -0.1) is 0 Å². The highest BCUT2D eigenvalue weighted by atomic mass is 16.5. The molecule has 3 nitrogen and oxygen atoms in total. The average Bonchev–Trinajstić information content (AvgIpc) is 3.22. The van der Waals surface area contributed by atoms with Crippen LogP contribution in [0.3, 0.4) is 0 Å². The van der Waals surface area contributed by atoms with Crippen molar-refractivity contribution in [2.24, 2.45) is 11.8 Å². The van der Waals surface area contributed by atoms with Crippen LogP contribution in [0.4, 0.5) is 0 Å². The van der Waals surface area contributed by atoms with Crippen molar-refractivity contribution in [2.45, 2.75) is 102 Å². The summed E-state index contributed by atoms with van der Waals surface area (Å²) in [5.41, 5.74) is 0. The van der Waals surface area contributed by atoms with Crippen LogP contribution in [0.1, 0.15) is 78.1 Å². The topological polar surface area (TPSA) is 49.7 Å². The second-order valence-electron chi connectivity index (χ2n) is 7.84. The van der Waals surface area contributed by atoms with Gasteiger partial charge in [0.15, 0.2) is 0 Å². The summed E-state index contributed by atoms with van der Waals surface area (Å²) in [6, 6.07) is 0. The lowest BCUT2D eigenvalue weighted by Crippen LogP contribution is -2.25. The van der Waals surface area contributed by atoms with Crippen molar-refractivity contribution in [1.82, 2.24) is 0 Å². The molecule has 0 spiro atoms. The highest BCUT2D eigenvalue weighted by Gasteiger charge is 2.46. The molecule has 2 N–H and O–H groups in total. The Morgan fingerprint density at radius 3 is 2.60 bits per heavy atom. The van der Waals surface area contributed by atoms with Crippen LogP contribution in [0.2, 0.25) is 0 Å². The van der Waals surface area contributed by atoms with Gasteiger partial charge < -0.3 is 14.9 Å². The highest BCUT2D eigenvalue weighted by Crippen LogP contribution is 2.45. The molecule has 25 heavy (non-hydrogen) atoms. The summed E-state index contributed by atoms with van der Waals surface area (Å²) in [5, 5.41) is 19.8. The minimum atomic E-state index is -0.313. The molecule has 2 aliphatic heterocycles. The van der Waals surface area contributed by atoms with Gasteiger partial charge >= 0.3 is 0 Å². The molecule has 0 amide bonds. The van der Waals surface area contributed by atoms with E-state index in [1.54, 1.807) is 0 Å². The molecule has 2 fully saturated rings. The predicted octanol–water partition coefficient (Wildman–Crippen LogP) is 4.77. The summed E-state index contributed by atoms with van der Waals surface area (Å²) < 4.78 is 6.13. The summed E-state index contributed by atoms with van der Waals surface area (Å²) in [7, 11) is 0. The van der Waals surface area contributed by atoms with Gasteiger partial charge in [-0.25, -0.2) is 0 Å². The maximum atomic E-state index is 10.2. The van der Waals surface area contributed by atoms with Crippen molar-refractivity contribution >= 4 is 0 Å². The Morgan fingerprint density at radius 2 is 1.84 bits per heavy atom. The molecule has 0 radical (unpaired) electrons. The molecule has 2 bridgehead atoms. The smallest absolute Gasteiger partial charge is 0.0721 e. The van der Waals surface area contributed by atoms with Gasteiger partial charge in [-0.1, -0.05) is 63.8 Å². The van der Waals surface area contributed by atoms with Gasteiger partial charge in [-0.05, 0) is 44.4 Å². The van der Waals surface area contributed by atoms with Crippen molar-refractivity contribution in [2.75, 3.05) is 0 Å². The van der Waals surface area contributed by atoms with E-state index in [1.807, 2.05) is 13.0 Å². The molecule has 0 aromatic heterocycles. The Kier molecular flexibility index (Phi) is 9.22. The molecule has 3 heteroatoms. The molecule has 6 atom stereocenters. The van der Waals surface area contributed by atoms with Gasteiger partial charge in [0.1, 0.15) is 0 Å². The third-order valence-corrected chi connectivity index (χ3v) is 5.85. The van der Waals surface area contributed by atoms with E-state index >= 15 is 0 Å². The second kappa shape index (κ2) is 11.2. The van der Waals surface area contributed by atoms with Crippen molar-refractivity contribution in [3.63, 3.8) is 0 Å². The first kappa shape index (κ1) is 20.7. The number of hydrogen-bond donors (Lipinski definition) is 2. The van der Waals surface area contributed by atoms with Gasteiger partial charge in [-0.3, -0.25) is 0 Å². The van der Waals surface area contributed by atoms with E-state index in [-0.39, 0.29) is 12.2 Å². The number of unbranched alkanes of at least 4 members (excludes halogenated alkanes) is 3. The number of aliphatic hydroxyl groups excluding tert-OH is 2. The molecule has 2 saturated heterocycles. The molecule has 0 aromatic rings. The molecule has 0 aromatic carbocycles. The first-order valence-corrected chi connectivity index (χ1v) is 10.5. The Labute approximate surface area is 154 Å². The molecule has 2 rings (SSSR count). The number of aliphatic hydroxyl groups is 2. The van der Waals surface area contributed by atoms with Crippen LogP contribution in [0.15, 0.2) is 24.3 Å². The Balaban J connectivity index is 1.79. The normalized spacial score (nSPS) is 31.4. The first-order chi connectivity index (χ1) is 12.2. The van der Waals surface area contributed by atoms with E-state index in [9.17, 15) is 10.2 Å². The van der Waals surface area contributed by atoms with Crippen LogP contribution in [0, 0.1) is 11.8 Å². The number of allylic oxidation sites excluding steroid dienone is 1. The predicted molar refractivity (Wildman–Crippen MR) is 103 cm³/mol. The highest BCUT2D eigenvalue weighted by molar-refractivity contribution is 5.08. The van der Waals surface area contributed by atoms with Gasteiger partial charge in [0, 0.05) is 5.92 Å². The largest absolute Gasteiger partial charge is 0.393 e. The van der Waals surface area contributed by atoms with Gasteiger partial charge in [0.25, 0.3) is 0 Å². The van der Waals surface area contributed by atoms with Crippen LogP contribution in [-0.4, -0.2) is 34.6 Å². The van der Waals surface area contributed by atoms with E-state index in [4.69, 9.17) is 4.74 Å². The lowest BCUT2D eigenvalue weighted by molar-refractivity contribution is 0.0899. The maximum Gasteiger partial charge on any atom is 0.0721 e. The minimum Gasteiger partial charge on any atom is -0.393 e. The van der Waals surface area contributed by atoms with Crippen LogP contribution in [-0.2, 0) is 4.74 Å². The Hall–Kier alpha value is -0.640. The summed E-state index contributed by atoms with van der Waals surface area (Å²) in [6.07, 6.45) is 19.4. The summed E-state index contributed by atoms with van der Waals surface area (Å²) in [6.45, 7) is 4.22. The minimum absolute atomic E-state index is 0.217. The first-order valence-electron chi connectivity index (χ1n) is 10.5. The standard InChI is InChI=1S/C22H38O3/c1-3-5-6-7-11-18(24)13-14-20-19(21-15-16-22(20)25-21)12-9-8-10-17(23)4-2/h8-9,13-14,17-24H,3-7,10-12,15-16H2,1-2H3/t17-,18?,19-,20?,21-,22+/m1/s1. The van der Waals surface area contributed by atoms with Crippen molar-refractivity contribution < 1.29 is 14.9 Å². The van der Waals surface area contributed by atoms with E-state index in [1.165, 1.54) is 25.7 Å². The molecular formula is C22H38O3. The van der Waals surface area contributed by atoms with Crippen LogP contribution in [0.5, 0.6) is 0 Å². The van der Waals surface area contributed by atoms with Crippen molar-refractivity contribution in [3.05, 3.63) is 24.3 Å². The number of rotatable bonds is 12. The molecule has 144 valence electrons. The van der Waals surface area contributed by atoms with Crippen molar-refractivity contribution in [1.29, 1.82) is 0 Å². The monoisotopic (exact) mass is 350 g/mol. The molecule has 0 aliphatic carbocycles. The van der Waals surface area contributed by atoms with Gasteiger partial charge in [0.2, 0.25) is 0 Å². The van der Waals surface area contributed by atoms with E-state index in [2.05, 4.69) is 25.2 Å². The lowest BCUT2D eigenvalue weighted by Gasteiger charge is -2.25. The Morgan fingerprint density at radius 1 is 1.04 bits per heavy atom. The molecule has 2 aliphatic rings. The fourth-order valence-corrected chi connectivity index (χ4v) is 4.19. The van der Waals surface area contributed by atoms with Crippen LogP contribution >= 0.6 is 0 Å².